The van der Waals surface area contributed by atoms with Crippen molar-refractivity contribution in [2.24, 2.45) is 0 Å². The maximum Gasteiger partial charge on any atom is 0.222 e. The van der Waals surface area contributed by atoms with E-state index in [9.17, 15) is 4.79 Å². The molecule has 0 aliphatic carbocycles. The molecule has 0 N–H and O–H groups in total. The second-order valence-electron chi connectivity index (χ2n) is 7.20. The number of hydrogen-bond donors (Lipinski definition) is 0. The molecule has 140 valence electrons. The molecule has 4 nitrogen and oxygen atoms in total. The number of nitrogens with zero attached hydrogens (tertiary/aromatic N) is 3. The number of benzene rings is 1. The quantitative estimate of drug-likeness (QED) is 0.747. The zero-order valence-electron chi connectivity index (χ0n) is 15.9. The zero-order chi connectivity index (χ0) is 18.4. The van der Waals surface area contributed by atoms with Gasteiger partial charge in [-0.25, -0.2) is 4.98 Å². The highest BCUT2D eigenvalue weighted by atomic mass is 32.1. The number of rotatable bonds is 7. The van der Waals surface area contributed by atoms with E-state index < -0.39 is 0 Å². The standard InChI is InChI=1S/C21H29N3OS/c1-17-20(26-16-22-17)10-11-21(25)23(2)19-9-6-13-24(15-19)14-12-18-7-4-3-5-8-18/h3-5,7-8,16,19H,6,9-15H2,1-2H3. The fourth-order valence-corrected chi connectivity index (χ4v) is 4.43. The van der Waals surface area contributed by atoms with E-state index in [2.05, 4.69) is 40.2 Å². The summed E-state index contributed by atoms with van der Waals surface area (Å²) in [6.07, 6.45) is 4.76. The largest absolute Gasteiger partial charge is 0.341 e. The van der Waals surface area contributed by atoms with Crippen molar-refractivity contribution in [2.75, 3.05) is 26.7 Å². The van der Waals surface area contributed by atoms with Crippen LogP contribution in [0.4, 0.5) is 0 Å². The summed E-state index contributed by atoms with van der Waals surface area (Å²) in [6, 6.07) is 11.0. The normalized spacial score (nSPS) is 18.0. The maximum absolute atomic E-state index is 12.6. The Bertz CT molecular complexity index is 700. The molecule has 0 bridgehead atoms. The number of likely N-dealkylation sites (N-methyl/N-ethyl adjacent to an activating group) is 1. The van der Waals surface area contributed by atoms with E-state index in [0.29, 0.717) is 12.5 Å². The Morgan fingerprint density at radius 1 is 1.31 bits per heavy atom. The van der Waals surface area contributed by atoms with Crippen molar-refractivity contribution in [3.05, 3.63) is 52.0 Å². The molecule has 1 fully saturated rings. The first-order valence-corrected chi connectivity index (χ1v) is 10.4. The molecular formula is C21H29N3OS. The highest BCUT2D eigenvalue weighted by molar-refractivity contribution is 7.09. The van der Waals surface area contributed by atoms with Crippen LogP contribution >= 0.6 is 11.3 Å². The molecule has 1 unspecified atom stereocenters. The first-order chi connectivity index (χ1) is 12.6. The number of aryl methyl sites for hydroxylation is 2. The second kappa shape index (κ2) is 9.28. The molecule has 2 aromatic rings. The number of amides is 1. The average Bonchev–Trinajstić information content (AvgIpc) is 3.09. The van der Waals surface area contributed by atoms with Crippen LogP contribution in [0.15, 0.2) is 35.8 Å². The summed E-state index contributed by atoms with van der Waals surface area (Å²) in [5, 5.41) is 0. The van der Waals surface area contributed by atoms with Crippen LogP contribution in [-0.2, 0) is 17.6 Å². The molecule has 0 saturated carbocycles. The van der Waals surface area contributed by atoms with Gasteiger partial charge in [-0.2, -0.15) is 0 Å². The highest BCUT2D eigenvalue weighted by Gasteiger charge is 2.25. The number of piperidine rings is 1. The average molecular weight is 372 g/mol. The monoisotopic (exact) mass is 371 g/mol. The Balaban J connectivity index is 1.46. The summed E-state index contributed by atoms with van der Waals surface area (Å²) in [5.41, 5.74) is 4.32. The lowest BCUT2D eigenvalue weighted by molar-refractivity contribution is -0.133. The molecule has 0 spiro atoms. The smallest absolute Gasteiger partial charge is 0.222 e. The Hall–Kier alpha value is -1.72. The van der Waals surface area contributed by atoms with Crippen molar-refractivity contribution < 1.29 is 4.79 Å². The fourth-order valence-electron chi connectivity index (χ4n) is 3.65. The van der Waals surface area contributed by atoms with Gasteiger partial charge in [0.2, 0.25) is 5.91 Å². The van der Waals surface area contributed by atoms with Gasteiger partial charge in [0.05, 0.1) is 11.2 Å². The lowest BCUT2D eigenvalue weighted by Gasteiger charge is -2.37. The minimum Gasteiger partial charge on any atom is -0.341 e. The number of likely N-dealkylation sites (tertiary alicyclic amines) is 1. The van der Waals surface area contributed by atoms with E-state index in [4.69, 9.17) is 0 Å². The summed E-state index contributed by atoms with van der Waals surface area (Å²) in [7, 11) is 1.98. The van der Waals surface area contributed by atoms with E-state index in [-0.39, 0.29) is 5.91 Å². The summed E-state index contributed by atoms with van der Waals surface area (Å²) >= 11 is 1.65. The summed E-state index contributed by atoms with van der Waals surface area (Å²) < 4.78 is 0. The predicted octanol–water partition coefficient (Wildman–Crippen LogP) is 3.55. The molecule has 1 aliphatic rings. The minimum atomic E-state index is 0.257. The topological polar surface area (TPSA) is 36.4 Å². The fraction of sp³-hybridized carbons (Fsp3) is 0.524. The molecule has 26 heavy (non-hydrogen) atoms. The van der Waals surface area contributed by atoms with Crippen LogP contribution in [-0.4, -0.2) is 53.4 Å². The van der Waals surface area contributed by atoms with Gasteiger partial charge in [-0.15, -0.1) is 11.3 Å². The number of aromatic nitrogens is 1. The van der Waals surface area contributed by atoms with Crippen molar-refractivity contribution in [2.45, 2.75) is 45.1 Å². The molecule has 5 heteroatoms. The molecule has 1 atom stereocenters. The van der Waals surface area contributed by atoms with Gasteiger partial charge in [0.1, 0.15) is 0 Å². The summed E-state index contributed by atoms with van der Waals surface area (Å²) in [4.78, 5) is 22.6. The Morgan fingerprint density at radius 2 is 2.12 bits per heavy atom. The first-order valence-electron chi connectivity index (χ1n) is 9.54. The van der Waals surface area contributed by atoms with E-state index in [1.807, 2.05) is 24.4 Å². The molecule has 1 saturated heterocycles. The number of thiazole rings is 1. The van der Waals surface area contributed by atoms with Crippen molar-refractivity contribution in [3.8, 4) is 0 Å². The van der Waals surface area contributed by atoms with Gasteiger partial charge >= 0.3 is 0 Å². The number of carbonyl (C=O) groups excluding carboxylic acids is 1. The molecule has 1 aromatic heterocycles. The van der Waals surface area contributed by atoms with E-state index in [1.165, 1.54) is 16.9 Å². The van der Waals surface area contributed by atoms with Gasteiger partial charge in [0.15, 0.2) is 0 Å². The SMILES string of the molecule is Cc1ncsc1CCC(=O)N(C)C1CCCN(CCc2ccccc2)C1. The van der Waals surface area contributed by atoms with Crippen LogP contribution in [0.2, 0.25) is 0 Å². The summed E-state index contributed by atoms with van der Waals surface area (Å²) in [6.45, 7) is 5.23. The molecule has 1 aromatic carbocycles. The Kier molecular flexibility index (Phi) is 6.80. The maximum atomic E-state index is 12.6. The van der Waals surface area contributed by atoms with Gasteiger partial charge in [0.25, 0.3) is 0 Å². The molecule has 1 amide bonds. The van der Waals surface area contributed by atoms with Gasteiger partial charge in [-0.05, 0) is 44.7 Å². The molecule has 3 rings (SSSR count). The van der Waals surface area contributed by atoms with Gasteiger partial charge < -0.3 is 9.80 Å². The Labute approximate surface area is 160 Å². The molecular weight excluding hydrogens is 342 g/mol. The second-order valence-corrected chi connectivity index (χ2v) is 8.14. The lowest BCUT2D eigenvalue weighted by Crippen LogP contribution is -2.49. The first kappa shape index (κ1) is 19.1. The third-order valence-corrected chi connectivity index (χ3v) is 6.39. The van der Waals surface area contributed by atoms with Crippen molar-refractivity contribution in [3.63, 3.8) is 0 Å². The van der Waals surface area contributed by atoms with E-state index >= 15 is 0 Å². The lowest BCUT2D eigenvalue weighted by atomic mass is 10.0. The molecule has 0 radical (unpaired) electrons. The molecule has 2 heterocycles. The zero-order valence-corrected chi connectivity index (χ0v) is 16.7. The van der Waals surface area contributed by atoms with Crippen molar-refractivity contribution in [1.82, 2.24) is 14.8 Å². The van der Waals surface area contributed by atoms with Gasteiger partial charge in [-0.3, -0.25) is 4.79 Å². The number of carbonyl (C=O) groups is 1. The third-order valence-electron chi connectivity index (χ3n) is 5.39. The van der Waals surface area contributed by atoms with Gasteiger partial charge in [0, 0.05) is 37.5 Å². The van der Waals surface area contributed by atoms with E-state index in [1.54, 1.807) is 11.3 Å². The van der Waals surface area contributed by atoms with Crippen LogP contribution in [0.5, 0.6) is 0 Å². The van der Waals surface area contributed by atoms with Gasteiger partial charge in [-0.1, -0.05) is 30.3 Å². The van der Waals surface area contributed by atoms with Crippen LogP contribution in [0.3, 0.4) is 0 Å². The summed E-state index contributed by atoms with van der Waals surface area (Å²) in [5.74, 6) is 0.257. The third kappa shape index (κ3) is 5.15. The predicted molar refractivity (Wildman–Crippen MR) is 108 cm³/mol. The molecule has 1 aliphatic heterocycles. The van der Waals surface area contributed by atoms with Crippen molar-refractivity contribution >= 4 is 17.2 Å². The van der Waals surface area contributed by atoms with Crippen LogP contribution < -0.4 is 0 Å². The number of hydrogen-bond acceptors (Lipinski definition) is 4. The van der Waals surface area contributed by atoms with Crippen LogP contribution in [0, 0.1) is 6.92 Å². The van der Waals surface area contributed by atoms with Crippen LogP contribution in [0.25, 0.3) is 0 Å². The van der Waals surface area contributed by atoms with Crippen molar-refractivity contribution in [1.29, 1.82) is 0 Å². The highest BCUT2D eigenvalue weighted by Crippen LogP contribution is 2.18. The van der Waals surface area contributed by atoms with E-state index in [0.717, 1.165) is 44.6 Å². The van der Waals surface area contributed by atoms with Crippen LogP contribution in [0.1, 0.15) is 35.4 Å². The minimum absolute atomic E-state index is 0.257. The Morgan fingerprint density at radius 3 is 2.85 bits per heavy atom.